The van der Waals surface area contributed by atoms with Crippen molar-refractivity contribution in [2.24, 2.45) is 0 Å². The molecule has 2 amide bonds. The summed E-state index contributed by atoms with van der Waals surface area (Å²) >= 11 is 9.64. The van der Waals surface area contributed by atoms with E-state index in [1.54, 1.807) is 49.4 Å². The number of hydrogen-bond donors (Lipinski definition) is 1. The molecule has 0 radical (unpaired) electrons. The molecule has 168 valence electrons. The van der Waals surface area contributed by atoms with Gasteiger partial charge < -0.3 is 10.2 Å². The van der Waals surface area contributed by atoms with Crippen LogP contribution in [0.5, 0.6) is 0 Å². The maximum Gasteiger partial charge on any atom is 0.244 e. The van der Waals surface area contributed by atoms with Gasteiger partial charge in [-0.15, -0.1) is 0 Å². The summed E-state index contributed by atoms with van der Waals surface area (Å²) in [7, 11) is -2.29. The predicted octanol–water partition coefficient (Wildman–Crippen LogP) is 3.34. The molecule has 0 saturated carbocycles. The number of likely N-dealkylation sites (N-methyl/N-ethyl adjacent to an activating group) is 1. The van der Waals surface area contributed by atoms with Crippen LogP contribution in [0.1, 0.15) is 18.1 Å². The lowest BCUT2D eigenvalue weighted by Gasteiger charge is -2.31. The Bertz CT molecular complexity index is 1080. The fourth-order valence-electron chi connectivity index (χ4n) is 3.00. The van der Waals surface area contributed by atoms with Crippen molar-refractivity contribution in [3.63, 3.8) is 0 Å². The van der Waals surface area contributed by atoms with Crippen LogP contribution in [0.3, 0.4) is 0 Å². The summed E-state index contributed by atoms with van der Waals surface area (Å²) in [6.45, 7) is 3.02. The van der Waals surface area contributed by atoms with Crippen LogP contribution >= 0.6 is 27.5 Å². The van der Waals surface area contributed by atoms with Crippen LogP contribution in [0.25, 0.3) is 0 Å². The number of amides is 2. The standard InChI is InChI=1S/C21H25BrClN3O4S/c1-14-11-17(9-10-18(14)22)26(31(4,29)30)13-20(27)25(15(2)21(28)24-3)12-16-7-5-6-8-19(16)23/h5-11,15H,12-13H2,1-4H3,(H,24,28). The van der Waals surface area contributed by atoms with Gasteiger partial charge in [0.15, 0.2) is 0 Å². The molecule has 0 spiro atoms. The first-order valence-electron chi connectivity index (χ1n) is 9.44. The summed E-state index contributed by atoms with van der Waals surface area (Å²) in [4.78, 5) is 26.9. The lowest BCUT2D eigenvalue weighted by Crippen LogP contribution is -2.50. The summed E-state index contributed by atoms with van der Waals surface area (Å²) in [6.07, 6.45) is 1.04. The Kier molecular flexibility index (Phi) is 8.50. The third kappa shape index (κ3) is 6.44. The molecule has 0 aliphatic heterocycles. The number of carbonyl (C=O) groups excluding carboxylic acids is 2. The minimum atomic E-state index is -3.76. The molecule has 0 fully saturated rings. The summed E-state index contributed by atoms with van der Waals surface area (Å²) < 4.78 is 26.9. The normalized spacial score (nSPS) is 12.2. The minimum Gasteiger partial charge on any atom is -0.357 e. The molecule has 0 aliphatic rings. The topological polar surface area (TPSA) is 86.8 Å². The van der Waals surface area contributed by atoms with Gasteiger partial charge in [-0.2, -0.15) is 0 Å². The Balaban J connectivity index is 2.42. The molecule has 0 aromatic heterocycles. The van der Waals surface area contributed by atoms with Gasteiger partial charge in [0.1, 0.15) is 12.6 Å². The fraction of sp³-hybridized carbons (Fsp3) is 0.333. The highest BCUT2D eigenvalue weighted by atomic mass is 79.9. The van der Waals surface area contributed by atoms with Crippen LogP contribution in [0.4, 0.5) is 5.69 Å². The van der Waals surface area contributed by atoms with Crippen molar-refractivity contribution in [1.29, 1.82) is 0 Å². The van der Waals surface area contributed by atoms with Crippen molar-refractivity contribution in [3.8, 4) is 0 Å². The summed E-state index contributed by atoms with van der Waals surface area (Å²) in [5, 5.41) is 2.98. The van der Waals surface area contributed by atoms with Gasteiger partial charge in [-0.3, -0.25) is 13.9 Å². The Labute approximate surface area is 196 Å². The molecule has 2 aromatic rings. The second-order valence-corrected chi connectivity index (χ2v) is 10.3. The number of anilines is 1. The number of nitrogens with one attached hydrogen (secondary N) is 1. The predicted molar refractivity (Wildman–Crippen MR) is 127 cm³/mol. The van der Waals surface area contributed by atoms with E-state index in [0.717, 1.165) is 20.6 Å². The van der Waals surface area contributed by atoms with E-state index in [4.69, 9.17) is 11.6 Å². The van der Waals surface area contributed by atoms with Crippen LogP contribution in [-0.4, -0.2) is 51.0 Å². The van der Waals surface area contributed by atoms with Crippen molar-refractivity contribution in [2.45, 2.75) is 26.4 Å². The molecule has 0 bridgehead atoms. The van der Waals surface area contributed by atoms with E-state index in [1.807, 2.05) is 6.92 Å². The van der Waals surface area contributed by atoms with Crippen molar-refractivity contribution in [2.75, 3.05) is 24.2 Å². The van der Waals surface area contributed by atoms with Crippen molar-refractivity contribution >= 4 is 55.1 Å². The van der Waals surface area contributed by atoms with Crippen LogP contribution in [0.2, 0.25) is 5.02 Å². The summed E-state index contributed by atoms with van der Waals surface area (Å²) in [5.74, 6) is -0.896. The third-order valence-electron chi connectivity index (χ3n) is 4.82. The van der Waals surface area contributed by atoms with Crippen molar-refractivity contribution in [3.05, 3.63) is 63.1 Å². The van der Waals surface area contributed by atoms with Gasteiger partial charge in [0, 0.05) is 23.1 Å². The van der Waals surface area contributed by atoms with Crippen LogP contribution in [-0.2, 0) is 26.2 Å². The lowest BCUT2D eigenvalue weighted by atomic mass is 10.1. The van der Waals surface area contributed by atoms with Crippen LogP contribution < -0.4 is 9.62 Å². The highest BCUT2D eigenvalue weighted by Crippen LogP contribution is 2.25. The highest BCUT2D eigenvalue weighted by molar-refractivity contribution is 9.10. The number of hydrogen-bond acceptors (Lipinski definition) is 4. The zero-order valence-corrected chi connectivity index (χ0v) is 20.9. The summed E-state index contributed by atoms with van der Waals surface area (Å²) in [5.41, 5.74) is 1.84. The average Bonchev–Trinajstić information content (AvgIpc) is 2.71. The molecule has 0 aliphatic carbocycles. The molecule has 1 atom stereocenters. The average molecular weight is 531 g/mol. The van der Waals surface area contributed by atoms with E-state index in [-0.39, 0.29) is 12.5 Å². The number of benzene rings is 2. The maximum absolute atomic E-state index is 13.3. The third-order valence-corrected chi connectivity index (χ3v) is 7.22. The molecule has 0 heterocycles. The van der Waals surface area contributed by atoms with Gasteiger partial charge in [0.25, 0.3) is 0 Å². The Morgan fingerprint density at radius 3 is 2.39 bits per heavy atom. The van der Waals surface area contributed by atoms with Gasteiger partial charge in [-0.25, -0.2) is 8.42 Å². The van der Waals surface area contributed by atoms with Gasteiger partial charge in [-0.05, 0) is 49.2 Å². The SMILES string of the molecule is CNC(=O)C(C)N(Cc1ccccc1Cl)C(=O)CN(c1ccc(Br)c(C)c1)S(C)(=O)=O. The molecule has 7 nitrogen and oxygen atoms in total. The van der Waals surface area contributed by atoms with E-state index in [9.17, 15) is 18.0 Å². The second kappa shape index (κ2) is 10.5. The van der Waals surface area contributed by atoms with Crippen LogP contribution in [0.15, 0.2) is 46.9 Å². The zero-order valence-electron chi connectivity index (χ0n) is 17.7. The van der Waals surface area contributed by atoms with Crippen molar-refractivity contribution < 1.29 is 18.0 Å². The first kappa shape index (κ1) is 25.2. The number of rotatable bonds is 8. The molecule has 31 heavy (non-hydrogen) atoms. The molecule has 1 unspecified atom stereocenters. The van der Waals surface area contributed by atoms with Gasteiger partial charge >= 0.3 is 0 Å². The smallest absolute Gasteiger partial charge is 0.244 e. The number of nitrogens with zero attached hydrogens (tertiary/aromatic N) is 2. The van der Waals surface area contributed by atoms with Crippen LogP contribution in [0, 0.1) is 6.92 Å². The van der Waals surface area contributed by atoms with E-state index in [1.165, 1.54) is 11.9 Å². The quantitative estimate of drug-likeness (QED) is 0.567. The maximum atomic E-state index is 13.3. The Hall–Kier alpha value is -2.10. The van der Waals surface area contributed by atoms with Gasteiger partial charge in [0.2, 0.25) is 21.8 Å². The lowest BCUT2D eigenvalue weighted by molar-refractivity contribution is -0.139. The molecular weight excluding hydrogens is 506 g/mol. The zero-order chi connectivity index (χ0) is 23.3. The van der Waals surface area contributed by atoms with Gasteiger partial charge in [-0.1, -0.05) is 45.7 Å². The molecule has 1 N–H and O–H groups in total. The molecule has 0 saturated heterocycles. The first-order valence-corrected chi connectivity index (χ1v) is 12.5. The van der Waals surface area contributed by atoms with E-state index in [0.29, 0.717) is 16.3 Å². The fourth-order valence-corrected chi connectivity index (χ4v) is 4.28. The Morgan fingerprint density at radius 1 is 1.19 bits per heavy atom. The molecule has 2 aromatic carbocycles. The monoisotopic (exact) mass is 529 g/mol. The summed E-state index contributed by atoms with van der Waals surface area (Å²) in [6, 6.07) is 11.2. The second-order valence-electron chi connectivity index (χ2n) is 7.11. The minimum absolute atomic E-state index is 0.0596. The number of carbonyl (C=O) groups is 2. The molecule has 2 rings (SSSR count). The molecule has 10 heteroatoms. The number of aryl methyl sites for hydroxylation is 1. The first-order chi connectivity index (χ1) is 14.5. The number of halogens is 2. The van der Waals surface area contributed by atoms with Crippen molar-refractivity contribution in [1.82, 2.24) is 10.2 Å². The highest BCUT2D eigenvalue weighted by Gasteiger charge is 2.30. The van der Waals surface area contributed by atoms with E-state index >= 15 is 0 Å². The van der Waals surface area contributed by atoms with Gasteiger partial charge in [0.05, 0.1) is 11.9 Å². The van der Waals surface area contributed by atoms with E-state index in [2.05, 4.69) is 21.2 Å². The van der Waals surface area contributed by atoms with E-state index < -0.39 is 28.5 Å². The molecular formula is C21H25BrClN3O4S. The Morgan fingerprint density at radius 2 is 1.84 bits per heavy atom. The number of sulfonamides is 1. The largest absolute Gasteiger partial charge is 0.357 e.